The number of ketones is 1. The zero-order chi connectivity index (χ0) is 13.3. The molecular weight excluding hydrogens is 246 g/mol. The number of halogens is 1. The minimum atomic E-state index is -0.0805. The van der Waals surface area contributed by atoms with Gasteiger partial charge in [0.15, 0.2) is 5.78 Å². The minimum absolute atomic E-state index is 0.0805. The van der Waals surface area contributed by atoms with Crippen molar-refractivity contribution in [2.24, 2.45) is 0 Å². The van der Waals surface area contributed by atoms with Crippen LogP contribution in [0.25, 0.3) is 0 Å². The summed E-state index contributed by atoms with van der Waals surface area (Å²) in [7, 11) is 0. The van der Waals surface area contributed by atoms with Crippen LogP contribution < -0.4 is 5.73 Å². The van der Waals surface area contributed by atoms with Crippen LogP contribution in [0, 0.1) is 13.8 Å². The molecule has 0 unspecified atom stereocenters. The number of nitrogens with two attached hydrogens (primary N) is 1. The highest BCUT2D eigenvalue weighted by molar-refractivity contribution is 6.35. The number of nitrogen functional groups attached to an aromatic ring is 1. The van der Waals surface area contributed by atoms with Crippen LogP contribution in [0.1, 0.15) is 27.0 Å². The van der Waals surface area contributed by atoms with Crippen molar-refractivity contribution in [3.05, 3.63) is 63.7 Å². The van der Waals surface area contributed by atoms with E-state index in [4.69, 9.17) is 17.3 Å². The van der Waals surface area contributed by atoms with Gasteiger partial charge >= 0.3 is 0 Å². The van der Waals surface area contributed by atoms with Crippen LogP contribution in [-0.2, 0) is 0 Å². The lowest BCUT2D eigenvalue weighted by Gasteiger charge is -2.07. The maximum atomic E-state index is 12.3. The molecule has 2 nitrogen and oxygen atoms in total. The van der Waals surface area contributed by atoms with Gasteiger partial charge in [0.1, 0.15) is 0 Å². The molecule has 0 aliphatic rings. The fraction of sp³-hybridized carbons (Fsp3) is 0.133. The first-order valence-corrected chi connectivity index (χ1v) is 6.04. The minimum Gasteiger partial charge on any atom is -0.399 e. The van der Waals surface area contributed by atoms with Crippen molar-refractivity contribution in [3.63, 3.8) is 0 Å². The molecule has 0 atom stereocenters. The summed E-state index contributed by atoms with van der Waals surface area (Å²) in [6.45, 7) is 3.82. The van der Waals surface area contributed by atoms with Crippen LogP contribution in [0.15, 0.2) is 36.4 Å². The van der Waals surface area contributed by atoms with Crippen LogP contribution in [0.5, 0.6) is 0 Å². The van der Waals surface area contributed by atoms with Gasteiger partial charge in [-0.3, -0.25) is 4.79 Å². The SMILES string of the molecule is Cc1ccc(C(=O)c2ccc(N)c(C)c2)c(Cl)c1. The summed E-state index contributed by atoms with van der Waals surface area (Å²) < 4.78 is 0. The van der Waals surface area contributed by atoms with Gasteiger partial charge in [-0.15, -0.1) is 0 Å². The second-order valence-corrected chi connectivity index (χ2v) is 4.79. The second kappa shape index (κ2) is 4.83. The topological polar surface area (TPSA) is 43.1 Å². The molecule has 2 aromatic rings. The van der Waals surface area contributed by atoms with Gasteiger partial charge in [0.25, 0.3) is 0 Å². The number of benzene rings is 2. The molecule has 2 aromatic carbocycles. The Hall–Kier alpha value is -1.80. The number of hydrogen-bond donors (Lipinski definition) is 1. The Balaban J connectivity index is 2.44. The summed E-state index contributed by atoms with van der Waals surface area (Å²) in [6, 6.07) is 10.7. The van der Waals surface area contributed by atoms with Crippen molar-refractivity contribution in [2.75, 3.05) is 5.73 Å². The van der Waals surface area contributed by atoms with Gasteiger partial charge in [-0.25, -0.2) is 0 Å². The van der Waals surface area contributed by atoms with Crippen molar-refractivity contribution < 1.29 is 4.79 Å². The van der Waals surface area contributed by atoms with Crippen molar-refractivity contribution >= 4 is 23.1 Å². The standard InChI is InChI=1S/C15H14ClNO/c1-9-3-5-12(13(16)7-9)15(18)11-4-6-14(17)10(2)8-11/h3-8H,17H2,1-2H3. The van der Waals surface area contributed by atoms with Crippen molar-refractivity contribution in [2.45, 2.75) is 13.8 Å². The summed E-state index contributed by atoms with van der Waals surface area (Å²) in [5.74, 6) is -0.0805. The smallest absolute Gasteiger partial charge is 0.194 e. The van der Waals surface area contributed by atoms with Crippen molar-refractivity contribution in [1.82, 2.24) is 0 Å². The first-order valence-electron chi connectivity index (χ1n) is 5.66. The molecule has 0 saturated heterocycles. The lowest BCUT2D eigenvalue weighted by atomic mass is 10.00. The van der Waals surface area contributed by atoms with Gasteiger partial charge in [-0.1, -0.05) is 17.7 Å². The summed E-state index contributed by atoms with van der Waals surface area (Å²) in [5.41, 5.74) is 9.47. The fourth-order valence-electron chi connectivity index (χ4n) is 1.78. The molecule has 0 radical (unpaired) electrons. The lowest BCUT2D eigenvalue weighted by molar-refractivity contribution is 0.103. The Kier molecular flexibility index (Phi) is 3.39. The molecule has 0 aromatic heterocycles. The summed E-state index contributed by atoms with van der Waals surface area (Å²) in [6.07, 6.45) is 0. The Morgan fingerprint density at radius 3 is 2.44 bits per heavy atom. The summed E-state index contributed by atoms with van der Waals surface area (Å²) >= 11 is 6.10. The molecule has 0 spiro atoms. The zero-order valence-electron chi connectivity index (χ0n) is 10.3. The van der Waals surface area contributed by atoms with Gasteiger partial charge in [0, 0.05) is 16.8 Å². The third-order valence-corrected chi connectivity index (χ3v) is 3.21. The van der Waals surface area contributed by atoms with E-state index in [1.54, 1.807) is 30.3 Å². The predicted octanol–water partition coefficient (Wildman–Crippen LogP) is 3.77. The summed E-state index contributed by atoms with van der Waals surface area (Å²) in [4.78, 5) is 12.3. The lowest BCUT2D eigenvalue weighted by Crippen LogP contribution is -2.03. The van der Waals surface area contributed by atoms with Crippen LogP contribution in [0.2, 0.25) is 5.02 Å². The van der Waals surface area contributed by atoms with E-state index in [0.29, 0.717) is 21.8 Å². The van der Waals surface area contributed by atoms with E-state index in [0.717, 1.165) is 11.1 Å². The molecule has 0 heterocycles. The number of carbonyl (C=O) groups excluding carboxylic acids is 1. The van der Waals surface area contributed by atoms with E-state index in [-0.39, 0.29) is 5.78 Å². The molecule has 3 heteroatoms. The van der Waals surface area contributed by atoms with Gasteiger partial charge in [-0.05, 0) is 55.3 Å². The molecule has 0 aliphatic heterocycles. The van der Waals surface area contributed by atoms with Gasteiger partial charge < -0.3 is 5.73 Å². The van der Waals surface area contributed by atoms with Crippen LogP contribution >= 0.6 is 11.6 Å². The Bertz CT molecular complexity index is 620. The van der Waals surface area contributed by atoms with Crippen LogP contribution in [-0.4, -0.2) is 5.78 Å². The number of aryl methyl sites for hydroxylation is 2. The third-order valence-electron chi connectivity index (χ3n) is 2.90. The molecule has 0 saturated carbocycles. The number of hydrogen-bond acceptors (Lipinski definition) is 2. The molecule has 2 N–H and O–H groups in total. The maximum Gasteiger partial charge on any atom is 0.194 e. The highest BCUT2D eigenvalue weighted by atomic mass is 35.5. The van der Waals surface area contributed by atoms with Gasteiger partial charge in [0.2, 0.25) is 0 Å². The summed E-state index contributed by atoms with van der Waals surface area (Å²) in [5, 5.41) is 0.481. The largest absolute Gasteiger partial charge is 0.399 e. The average molecular weight is 260 g/mol. The second-order valence-electron chi connectivity index (χ2n) is 4.38. The van der Waals surface area contributed by atoms with Crippen LogP contribution in [0.4, 0.5) is 5.69 Å². The molecule has 0 fully saturated rings. The normalized spacial score (nSPS) is 10.4. The van der Waals surface area contributed by atoms with E-state index in [9.17, 15) is 4.79 Å². The number of rotatable bonds is 2. The fourth-order valence-corrected chi connectivity index (χ4v) is 2.10. The molecule has 0 aliphatic carbocycles. The maximum absolute atomic E-state index is 12.3. The zero-order valence-corrected chi connectivity index (χ0v) is 11.1. The first kappa shape index (κ1) is 12.7. The van der Waals surface area contributed by atoms with Gasteiger partial charge in [-0.2, -0.15) is 0 Å². The Morgan fingerprint density at radius 1 is 1.11 bits per heavy atom. The Labute approximate surface area is 111 Å². The quantitative estimate of drug-likeness (QED) is 0.659. The van der Waals surface area contributed by atoms with E-state index in [1.807, 2.05) is 19.9 Å². The van der Waals surface area contributed by atoms with Crippen molar-refractivity contribution in [3.8, 4) is 0 Å². The molecular formula is C15H14ClNO. The molecule has 0 amide bonds. The van der Waals surface area contributed by atoms with E-state index < -0.39 is 0 Å². The highest BCUT2D eigenvalue weighted by Crippen LogP contribution is 2.22. The van der Waals surface area contributed by atoms with Crippen molar-refractivity contribution in [1.29, 1.82) is 0 Å². The first-order chi connectivity index (χ1) is 8.49. The number of carbonyl (C=O) groups is 1. The molecule has 0 bridgehead atoms. The predicted molar refractivity (Wildman–Crippen MR) is 75.2 cm³/mol. The molecule has 2 rings (SSSR count). The molecule has 18 heavy (non-hydrogen) atoms. The monoisotopic (exact) mass is 259 g/mol. The Morgan fingerprint density at radius 2 is 1.83 bits per heavy atom. The molecule has 92 valence electrons. The van der Waals surface area contributed by atoms with Crippen LogP contribution in [0.3, 0.4) is 0 Å². The highest BCUT2D eigenvalue weighted by Gasteiger charge is 2.13. The van der Waals surface area contributed by atoms with E-state index in [1.165, 1.54) is 0 Å². The number of anilines is 1. The third kappa shape index (κ3) is 2.39. The average Bonchev–Trinajstić information content (AvgIpc) is 2.32. The van der Waals surface area contributed by atoms with E-state index >= 15 is 0 Å². The van der Waals surface area contributed by atoms with E-state index in [2.05, 4.69) is 0 Å². The van der Waals surface area contributed by atoms with Gasteiger partial charge in [0.05, 0.1) is 5.02 Å².